The highest BCUT2D eigenvalue weighted by Crippen LogP contribution is 2.12. The van der Waals surface area contributed by atoms with Crippen molar-refractivity contribution < 1.29 is 4.79 Å². The molecule has 0 atom stereocenters. The molecule has 0 saturated heterocycles. The van der Waals surface area contributed by atoms with E-state index in [4.69, 9.17) is 12.2 Å². The monoisotopic (exact) mass is 272 g/mol. The van der Waals surface area contributed by atoms with Gasteiger partial charge in [-0.2, -0.15) is 0 Å². The summed E-state index contributed by atoms with van der Waals surface area (Å²) < 4.78 is 0.476. The van der Waals surface area contributed by atoms with Crippen LogP contribution >= 0.6 is 12.2 Å². The molecule has 0 fully saturated rings. The lowest BCUT2D eigenvalue weighted by Gasteiger charge is -2.18. The van der Waals surface area contributed by atoms with Crippen LogP contribution in [0.1, 0.15) is 21.5 Å². The lowest BCUT2D eigenvalue weighted by atomic mass is 10.1. The molecule has 2 aromatic rings. The second-order valence-corrected chi connectivity index (χ2v) is 4.91. The lowest BCUT2D eigenvalue weighted by molar-refractivity contribution is 0.0784. The van der Waals surface area contributed by atoms with Gasteiger partial charge in [0.1, 0.15) is 4.64 Å². The second-order valence-electron chi connectivity index (χ2n) is 4.50. The SMILES string of the molecule is Cc1ccccc1CN(C)C(=O)c1ccc[nH]c1=S. The maximum absolute atomic E-state index is 12.3. The Morgan fingerprint density at radius 2 is 2.00 bits per heavy atom. The molecule has 19 heavy (non-hydrogen) atoms. The first-order valence-electron chi connectivity index (χ1n) is 6.07. The number of nitrogens with one attached hydrogen (secondary N) is 1. The van der Waals surface area contributed by atoms with E-state index in [0.29, 0.717) is 16.7 Å². The van der Waals surface area contributed by atoms with Gasteiger partial charge in [-0.1, -0.05) is 36.5 Å². The van der Waals surface area contributed by atoms with Crippen LogP contribution in [0.25, 0.3) is 0 Å². The topological polar surface area (TPSA) is 36.1 Å². The fourth-order valence-corrected chi connectivity index (χ4v) is 2.13. The van der Waals surface area contributed by atoms with Crippen molar-refractivity contribution in [3.05, 3.63) is 63.9 Å². The Labute approximate surface area is 117 Å². The predicted octanol–water partition coefficient (Wildman–Crippen LogP) is 3.32. The molecular formula is C15H16N2OS. The van der Waals surface area contributed by atoms with E-state index in [1.807, 2.05) is 31.2 Å². The zero-order valence-electron chi connectivity index (χ0n) is 11.0. The van der Waals surface area contributed by atoms with Gasteiger partial charge >= 0.3 is 0 Å². The molecule has 4 heteroatoms. The number of H-pyrrole nitrogens is 1. The molecule has 0 aliphatic heterocycles. The highest BCUT2D eigenvalue weighted by atomic mass is 32.1. The minimum atomic E-state index is -0.0647. The van der Waals surface area contributed by atoms with Crippen molar-refractivity contribution in [1.82, 2.24) is 9.88 Å². The van der Waals surface area contributed by atoms with Crippen molar-refractivity contribution in [2.75, 3.05) is 7.05 Å². The van der Waals surface area contributed by atoms with Crippen molar-refractivity contribution in [3.63, 3.8) is 0 Å². The van der Waals surface area contributed by atoms with E-state index in [0.717, 1.165) is 5.56 Å². The van der Waals surface area contributed by atoms with E-state index in [2.05, 4.69) is 4.98 Å². The fourth-order valence-electron chi connectivity index (χ4n) is 1.91. The number of benzene rings is 1. The summed E-state index contributed by atoms with van der Waals surface area (Å²) in [6.45, 7) is 2.62. The molecule has 0 spiro atoms. The Morgan fingerprint density at radius 3 is 2.68 bits per heavy atom. The van der Waals surface area contributed by atoms with Crippen LogP contribution in [0.4, 0.5) is 0 Å². The van der Waals surface area contributed by atoms with Crippen molar-refractivity contribution in [2.24, 2.45) is 0 Å². The van der Waals surface area contributed by atoms with Crippen molar-refractivity contribution in [2.45, 2.75) is 13.5 Å². The normalized spacial score (nSPS) is 10.2. The van der Waals surface area contributed by atoms with Crippen LogP contribution in [0.5, 0.6) is 0 Å². The third-order valence-electron chi connectivity index (χ3n) is 3.06. The number of rotatable bonds is 3. The maximum Gasteiger partial charge on any atom is 0.256 e. The molecule has 98 valence electrons. The Balaban J connectivity index is 2.19. The highest BCUT2D eigenvalue weighted by molar-refractivity contribution is 7.71. The number of aryl methyl sites for hydroxylation is 1. The summed E-state index contributed by atoms with van der Waals surface area (Å²) in [7, 11) is 1.79. The van der Waals surface area contributed by atoms with E-state index in [1.54, 1.807) is 30.3 Å². The Morgan fingerprint density at radius 1 is 1.26 bits per heavy atom. The Hall–Kier alpha value is -1.94. The van der Waals surface area contributed by atoms with Gasteiger partial charge in [0.2, 0.25) is 0 Å². The first-order valence-corrected chi connectivity index (χ1v) is 6.48. The minimum absolute atomic E-state index is 0.0647. The fraction of sp³-hybridized carbons (Fsp3) is 0.200. The van der Waals surface area contributed by atoms with Gasteiger partial charge in [-0.3, -0.25) is 4.79 Å². The summed E-state index contributed by atoms with van der Waals surface area (Å²) in [5, 5.41) is 0. The summed E-state index contributed by atoms with van der Waals surface area (Å²) in [6, 6.07) is 11.6. The van der Waals surface area contributed by atoms with E-state index in [-0.39, 0.29) is 5.91 Å². The average Bonchev–Trinajstić information content (AvgIpc) is 2.41. The predicted molar refractivity (Wildman–Crippen MR) is 78.6 cm³/mol. The van der Waals surface area contributed by atoms with Crippen LogP contribution in [0.3, 0.4) is 0 Å². The summed E-state index contributed by atoms with van der Waals surface area (Å²) in [5.41, 5.74) is 2.86. The van der Waals surface area contributed by atoms with Gasteiger partial charge in [0.15, 0.2) is 0 Å². The van der Waals surface area contributed by atoms with E-state index in [9.17, 15) is 4.79 Å². The molecule has 1 amide bonds. The van der Waals surface area contributed by atoms with Gasteiger partial charge < -0.3 is 9.88 Å². The number of aromatic amines is 1. The zero-order valence-corrected chi connectivity index (χ0v) is 11.8. The Bertz CT molecular complexity index is 648. The molecule has 0 saturated carbocycles. The van der Waals surface area contributed by atoms with Gasteiger partial charge in [-0.25, -0.2) is 0 Å². The van der Waals surface area contributed by atoms with E-state index < -0.39 is 0 Å². The summed E-state index contributed by atoms with van der Waals surface area (Å²) in [6.07, 6.45) is 1.72. The molecule has 0 bridgehead atoms. The number of amides is 1. The first kappa shape index (κ1) is 13.5. The van der Waals surface area contributed by atoms with E-state index >= 15 is 0 Å². The van der Waals surface area contributed by atoms with Crippen LogP contribution in [0, 0.1) is 11.6 Å². The number of aromatic nitrogens is 1. The third kappa shape index (κ3) is 3.09. The van der Waals surface area contributed by atoms with Crippen molar-refractivity contribution >= 4 is 18.1 Å². The molecule has 0 radical (unpaired) electrons. The van der Waals surface area contributed by atoms with Crippen molar-refractivity contribution in [3.8, 4) is 0 Å². The molecule has 3 nitrogen and oxygen atoms in total. The molecule has 1 heterocycles. The van der Waals surface area contributed by atoms with Crippen LogP contribution in [0.2, 0.25) is 0 Å². The summed E-state index contributed by atoms with van der Waals surface area (Å²) in [5.74, 6) is -0.0647. The first-order chi connectivity index (χ1) is 9.09. The summed E-state index contributed by atoms with van der Waals surface area (Å²) >= 11 is 5.13. The molecule has 0 aliphatic rings. The van der Waals surface area contributed by atoms with Crippen LogP contribution in [-0.4, -0.2) is 22.8 Å². The highest BCUT2D eigenvalue weighted by Gasteiger charge is 2.14. The van der Waals surface area contributed by atoms with Crippen LogP contribution in [0.15, 0.2) is 42.6 Å². The van der Waals surface area contributed by atoms with Crippen LogP contribution < -0.4 is 0 Å². The van der Waals surface area contributed by atoms with Gasteiger partial charge in [-0.05, 0) is 30.2 Å². The molecule has 0 unspecified atom stereocenters. The van der Waals surface area contributed by atoms with Gasteiger partial charge in [0.05, 0.1) is 5.56 Å². The smallest absolute Gasteiger partial charge is 0.256 e. The average molecular weight is 272 g/mol. The van der Waals surface area contributed by atoms with E-state index in [1.165, 1.54) is 5.56 Å². The maximum atomic E-state index is 12.3. The number of carbonyl (C=O) groups excluding carboxylic acids is 1. The number of hydrogen-bond acceptors (Lipinski definition) is 2. The van der Waals surface area contributed by atoms with Crippen LogP contribution in [-0.2, 0) is 6.54 Å². The Kier molecular flexibility index (Phi) is 4.12. The number of hydrogen-bond donors (Lipinski definition) is 1. The molecule has 1 aromatic heterocycles. The second kappa shape index (κ2) is 5.80. The third-order valence-corrected chi connectivity index (χ3v) is 3.40. The largest absolute Gasteiger partial charge is 0.352 e. The minimum Gasteiger partial charge on any atom is -0.352 e. The molecule has 0 aliphatic carbocycles. The zero-order chi connectivity index (χ0) is 13.8. The molecule has 2 rings (SSSR count). The standard InChI is InChI=1S/C15H16N2OS/c1-11-6-3-4-7-12(11)10-17(2)15(18)13-8-5-9-16-14(13)19/h3-9H,10H2,1-2H3,(H,16,19). The van der Waals surface area contributed by atoms with Gasteiger partial charge in [-0.15, -0.1) is 0 Å². The van der Waals surface area contributed by atoms with Gasteiger partial charge in [0.25, 0.3) is 5.91 Å². The van der Waals surface area contributed by atoms with Gasteiger partial charge in [0, 0.05) is 19.8 Å². The molecule has 1 N–H and O–H groups in total. The number of nitrogens with zero attached hydrogens (tertiary/aromatic N) is 1. The quantitative estimate of drug-likeness (QED) is 0.870. The molecular weight excluding hydrogens is 256 g/mol. The number of pyridine rings is 1. The lowest BCUT2D eigenvalue weighted by Crippen LogP contribution is -2.26. The molecule has 1 aromatic carbocycles. The number of carbonyl (C=O) groups is 1. The summed E-state index contributed by atoms with van der Waals surface area (Å²) in [4.78, 5) is 16.9. The van der Waals surface area contributed by atoms with Crippen molar-refractivity contribution in [1.29, 1.82) is 0 Å².